The molecule has 4 aliphatic carbocycles. The van der Waals surface area contributed by atoms with Crippen LogP contribution in [0.25, 0.3) is 32.9 Å². The summed E-state index contributed by atoms with van der Waals surface area (Å²) in [5.41, 5.74) is 6.07. The molecule has 1 spiro atoms. The normalized spacial score (nSPS) is 32.4. The molecule has 1 saturated heterocycles. The molecule has 3 aromatic heterocycles. The van der Waals surface area contributed by atoms with Crippen molar-refractivity contribution in [3.8, 4) is 17.0 Å². The van der Waals surface area contributed by atoms with Gasteiger partial charge in [0.05, 0.1) is 24.8 Å². The number of aromatic nitrogens is 3. The summed E-state index contributed by atoms with van der Waals surface area (Å²) < 4.78 is 32.5. The van der Waals surface area contributed by atoms with Crippen molar-refractivity contribution in [3.63, 3.8) is 0 Å². The average molecular weight is 624 g/mol. The molecule has 1 aliphatic heterocycles. The molecule has 5 aliphatic rings. The van der Waals surface area contributed by atoms with Crippen molar-refractivity contribution in [1.82, 2.24) is 14.5 Å². The number of benzene rings is 1. The third-order valence-electron chi connectivity index (χ3n) is 12.1. The predicted octanol–water partition coefficient (Wildman–Crippen LogP) is 7.23. The van der Waals surface area contributed by atoms with Crippen molar-refractivity contribution in [2.24, 2.45) is 23.3 Å². The Morgan fingerprint density at radius 2 is 1.72 bits per heavy atom. The standard InChI is InChI=1S/C38H45N3O5/c1-41-32-11-12-39-20-31(32)30-9-7-26(16-33(30)41)27-8-10-34(40-19-27)46-29-17-28(18-29)45-25-37-21-36(22-38(36,37)23-37)24-42-13-4-5-15-44-35-6-2-3-14-43-35/h7-12,16,19-20,28-29,35H,2-6,13-15,17-18,21-25H2,1H3/t28-,29-,35?,36?,37?,38?. The van der Waals surface area contributed by atoms with Gasteiger partial charge < -0.3 is 28.3 Å². The Balaban J connectivity index is 0.684. The SMILES string of the molecule is Cn1c2ccncc2c2ccc(-c3ccc(O[C@H]4C[C@H](OCC56CC7(COCCCCOC8CCCCO8)CC75C6)C4)nc3)cc21. The molecule has 242 valence electrons. The van der Waals surface area contributed by atoms with Crippen molar-refractivity contribution < 1.29 is 23.7 Å². The van der Waals surface area contributed by atoms with Gasteiger partial charge in [-0.2, -0.15) is 0 Å². The largest absolute Gasteiger partial charge is 0.474 e. The van der Waals surface area contributed by atoms with E-state index in [-0.39, 0.29) is 12.4 Å². The maximum Gasteiger partial charge on any atom is 0.213 e. The maximum absolute atomic E-state index is 6.42. The van der Waals surface area contributed by atoms with Crippen molar-refractivity contribution in [1.29, 1.82) is 0 Å². The molecule has 0 radical (unpaired) electrons. The monoisotopic (exact) mass is 623 g/mol. The summed E-state index contributed by atoms with van der Waals surface area (Å²) >= 11 is 0. The number of rotatable bonds is 14. The number of nitrogens with zero attached hydrogens (tertiary/aromatic N) is 3. The maximum atomic E-state index is 6.42. The van der Waals surface area contributed by atoms with Gasteiger partial charge >= 0.3 is 0 Å². The van der Waals surface area contributed by atoms with E-state index >= 15 is 0 Å². The van der Waals surface area contributed by atoms with Crippen LogP contribution in [0.15, 0.2) is 55.0 Å². The summed E-state index contributed by atoms with van der Waals surface area (Å²) in [4.78, 5) is 8.96. The number of hydrogen-bond donors (Lipinski definition) is 0. The lowest BCUT2D eigenvalue weighted by atomic mass is 9.75. The second kappa shape index (κ2) is 11.3. The van der Waals surface area contributed by atoms with Crippen LogP contribution in [0.5, 0.6) is 5.88 Å². The van der Waals surface area contributed by atoms with Crippen LogP contribution in [-0.2, 0) is 26.0 Å². The topological polar surface area (TPSA) is 76.9 Å². The quantitative estimate of drug-likeness (QED) is 0.137. The molecule has 0 amide bonds. The Morgan fingerprint density at radius 1 is 0.848 bits per heavy atom. The van der Waals surface area contributed by atoms with E-state index in [0.717, 1.165) is 76.3 Å². The van der Waals surface area contributed by atoms with Crippen LogP contribution in [-0.4, -0.2) is 66.1 Å². The van der Waals surface area contributed by atoms with Crippen LogP contribution in [0.1, 0.15) is 64.2 Å². The molecule has 0 N–H and O–H groups in total. The van der Waals surface area contributed by atoms with Crippen molar-refractivity contribution >= 4 is 21.8 Å². The van der Waals surface area contributed by atoms with Gasteiger partial charge in [-0.3, -0.25) is 4.98 Å². The third kappa shape index (κ3) is 4.86. The van der Waals surface area contributed by atoms with Gasteiger partial charge in [0.1, 0.15) is 6.10 Å². The van der Waals surface area contributed by atoms with Crippen molar-refractivity contribution in [2.45, 2.75) is 82.7 Å². The Bertz CT molecular complexity index is 1730. The van der Waals surface area contributed by atoms with Crippen molar-refractivity contribution in [2.75, 3.05) is 33.0 Å². The molecule has 46 heavy (non-hydrogen) atoms. The number of aryl methyl sites for hydroxylation is 1. The van der Waals surface area contributed by atoms with Crippen LogP contribution in [0.2, 0.25) is 0 Å². The Labute approximate surface area is 270 Å². The van der Waals surface area contributed by atoms with Crippen LogP contribution in [0.4, 0.5) is 0 Å². The fourth-order valence-corrected chi connectivity index (χ4v) is 9.23. The molecule has 0 bridgehead atoms. The Hall–Kier alpha value is -3.04. The van der Waals surface area contributed by atoms with Crippen LogP contribution < -0.4 is 4.74 Å². The molecular weight excluding hydrogens is 578 g/mol. The smallest absolute Gasteiger partial charge is 0.213 e. The number of unbranched alkanes of at least 4 members (excludes halogenated alkanes) is 1. The summed E-state index contributed by atoms with van der Waals surface area (Å²) in [6, 6.07) is 12.8. The first-order valence-corrected chi connectivity index (χ1v) is 17.5. The average Bonchev–Trinajstić information content (AvgIpc) is 3.77. The minimum atomic E-state index is 0.0238. The number of pyridine rings is 2. The van der Waals surface area contributed by atoms with E-state index in [2.05, 4.69) is 51.9 Å². The van der Waals surface area contributed by atoms with Gasteiger partial charge in [0, 0.05) is 97.0 Å². The minimum Gasteiger partial charge on any atom is -0.474 e. The first kappa shape index (κ1) is 29.1. The fraction of sp³-hybridized carbons (Fsp3) is 0.579. The van der Waals surface area contributed by atoms with Gasteiger partial charge in [0.25, 0.3) is 0 Å². The third-order valence-corrected chi connectivity index (χ3v) is 12.1. The predicted molar refractivity (Wildman–Crippen MR) is 176 cm³/mol. The van der Waals surface area contributed by atoms with Crippen molar-refractivity contribution in [3.05, 3.63) is 55.0 Å². The second-order valence-corrected chi connectivity index (χ2v) is 14.8. The first-order chi connectivity index (χ1) is 22.6. The summed E-state index contributed by atoms with van der Waals surface area (Å²) in [6.45, 7) is 4.31. The molecule has 8 nitrogen and oxygen atoms in total. The Morgan fingerprint density at radius 3 is 2.54 bits per heavy atom. The highest BCUT2D eigenvalue weighted by molar-refractivity contribution is 6.08. The van der Waals surface area contributed by atoms with Crippen LogP contribution in [0, 0.1) is 16.2 Å². The molecule has 9 rings (SSSR count). The molecule has 4 saturated carbocycles. The zero-order valence-electron chi connectivity index (χ0n) is 26.9. The van der Waals surface area contributed by atoms with Gasteiger partial charge in [-0.25, -0.2) is 4.98 Å². The minimum absolute atomic E-state index is 0.0238. The van der Waals surface area contributed by atoms with Gasteiger partial charge in [-0.1, -0.05) is 12.1 Å². The zero-order chi connectivity index (χ0) is 30.8. The Kier molecular flexibility index (Phi) is 7.15. The van der Waals surface area contributed by atoms with E-state index in [1.54, 1.807) is 0 Å². The number of fused-ring (bicyclic) bond motifs is 3. The molecular formula is C38H45N3O5. The molecule has 4 aromatic rings. The lowest BCUT2D eigenvalue weighted by Gasteiger charge is -2.39. The van der Waals surface area contributed by atoms with Crippen LogP contribution >= 0.6 is 0 Å². The van der Waals surface area contributed by atoms with E-state index < -0.39 is 0 Å². The lowest BCUT2D eigenvalue weighted by Crippen LogP contribution is -2.42. The van der Waals surface area contributed by atoms with Gasteiger partial charge in [-0.15, -0.1) is 0 Å². The molecule has 1 aromatic carbocycles. The highest BCUT2D eigenvalue weighted by Crippen LogP contribution is 3.00. The highest BCUT2D eigenvalue weighted by atomic mass is 16.7. The molecule has 5 fully saturated rings. The van der Waals surface area contributed by atoms with E-state index in [1.807, 2.05) is 24.7 Å². The van der Waals surface area contributed by atoms with E-state index in [9.17, 15) is 0 Å². The molecule has 4 heterocycles. The molecule has 8 heteroatoms. The summed E-state index contributed by atoms with van der Waals surface area (Å²) in [5.74, 6) is 0.691. The molecule has 4 unspecified atom stereocenters. The highest BCUT2D eigenvalue weighted by Gasteiger charge is 2.96. The van der Waals surface area contributed by atoms with Gasteiger partial charge in [0.2, 0.25) is 5.88 Å². The number of hydrogen-bond acceptors (Lipinski definition) is 7. The summed E-state index contributed by atoms with van der Waals surface area (Å²) in [5, 5.41) is 2.40. The van der Waals surface area contributed by atoms with E-state index in [4.69, 9.17) is 23.7 Å². The lowest BCUT2D eigenvalue weighted by molar-refractivity contribution is -0.163. The zero-order valence-corrected chi connectivity index (χ0v) is 26.9. The number of ether oxygens (including phenoxy) is 5. The van der Waals surface area contributed by atoms with Crippen LogP contribution in [0.3, 0.4) is 0 Å². The van der Waals surface area contributed by atoms with Gasteiger partial charge in [-0.05, 0) is 80.5 Å². The van der Waals surface area contributed by atoms with E-state index in [0.29, 0.717) is 28.2 Å². The summed E-state index contributed by atoms with van der Waals surface area (Å²) in [7, 11) is 2.11. The first-order valence-electron chi connectivity index (χ1n) is 17.5. The van der Waals surface area contributed by atoms with Gasteiger partial charge in [0.15, 0.2) is 6.29 Å². The van der Waals surface area contributed by atoms with E-state index in [1.165, 1.54) is 53.9 Å². The second-order valence-electron chi connectivity index (χ2n) is 14.8. The fourth-order valence-electron chi connectivity index (χ4n) is 9.23. The molecule has 4 atom stereocenters. The summed E-state index contributed by atoms with van der Waals surface area (Å²) in [6.07, 6.45) is 17.6.